The number of nitrogen functional groups attached to an aromatic ring is 1. The van der Waals surface area contributed by atoms with E-state index >= 15 is 0 Å². The summed E-state index contributed by atoms with van der Waals surface area (Å²) in [7, 11) is 0. The molecule has 0 fully saturated rings. The maximum Gasteiger partial charge on any atom is 0.331 e. The van der Waals surface area contributed by atoms with E-state index in [1.54, 1.807) is 0 Å². The maximum absolute atomic E-state index is 10.9. The monoisotopic (exact) mass is 288 g/mol. The van der Waals surface area contributed by atoms with Gasteiger partial charge in [-0.15, -0.1) is 0 Å². The molecule has 0 aliphatic rings. The highest BCUT2D eigenvalue weighted by Crippen LogP contribution is 2.26. The van der Waals surface area contributed by atoms with E-state index in [9.17, 15) is 10.1 Å². The lowest BCUT2D eigenvalue weighted by molar-refractivity contribution is -0.386. The van der Waals surface area contributed by atoms with Crippen LogP contribution in [-0.2, 0) is 6.42 Å². The van der Waals surface area contributed by atoms with Crippen LogP contribution in [0.4, 0.5) is 11.5 Å². The second kappa shape index (κ2) is 7.20. The first-order chi connectivity index (χ1) is 10.2. The molecule has 2 aromatic rings. The van der Waals surface area contributed by atoms with Crippen molar-refractivity contribution >= 4 is 11.5 Å². The van der Waals surface area contributed by atoms with Crippen LogP contribution in [0.3, 0.4) is 0 Å². The largest absolute Gasteiger partial charge is 0.473 e. The third-order valence-corrected chi connectivity index (χ3v) is 2.88. The molecule has 7 nitrogen and oxygen atoms in total. The number of rotatable bonds is 7. The van der Waals surface area contributed by atoms with E-state index in [4.69, 9.17) is 10.6 Å². The van der Waals surface area contributed by atoms with E-state index in [0.29, 0.717) is 12.4 Å². The van der Waals surface area contributed by atoms with Gasteiger partial charge in [-0.2, -0.15) is 4.98 Å². The minimum Gasteiger partial charge on any atom is -0.473 e. The number of nitrogens with one attached hydrogen (secondary N) is 1. The Labute approximate surface area is 121 Å². The Hall–Kier alpha value is -2.67. The Morgan fingerprint density at radius 2 is 2.00 bits per heavy atom. The van der Waals surface area contributed by atoms with E-state index in [2.05, 4.69) is 10.4 Å². The molecule has 0 bridgehead atoms. The smallest absolute Gasteiger partial charge is 0.331 e. The van der Waals surface area contributed by atoms with Crippen molar-refractivity contribution < 1.29 is 9.66 Å². The summed E-state index contributed by atoms with van der Waals surface area (Å²) in [4.78, 5) is 14.3. The molecule has 110 valence electrons. The Bertz CT molecular complexity index is 604. The average molecular weight is 288 g/mol. The molecule has 0 spiro atoms. The summed E-state index contributed by atoms with van der Waals surface area (Å²) in [5, 5.41) is 10.9. The second-order valence-electron chi connectivity index (χ2n) is 4.36. The van der Waals surface area contributed by atoms with Gasteiger partial charge in [0.2, 0.25) is 0 Å². The van der Waals surface area contributed by atoms with Gasteiger partial charge in [-0.05, 0) is 24.5 Å². The zero-order valence-electron chi connectivity index (χ0n) is 11.4. The second-order valence-corrected chi connectivity index (χ2v) is 4.36. The van der Waals surface area contributed by atoms with Crippen LogP contribution in [0, 0.1) is 10.1 Å². The third kappa shape index (κ3) is 4.15. The van der Waals surface area contributed by atoms with Crippen molar-refractivity contribution in [2.75, 3.05) is 12.0 Å². The number of nitro groups is 1. The van der Waals surface area contributed by atoms with Crippen LogP contribution in [0.15, 0.2) is 42.5 Å². The van der Waals surface area contributed by atoms with Gasteiger partial charge in [0, 0.05) is 6.07 Å². The summed E-state index contributed by atoms with van der Waals surface area (Å²) in [6.45, 7) is 0.344. The highest BCUT2D eigenvalue weighted by molar-refractivity contribution is 5.48. The number of hydrazine groups is 1. The number of nitrogens with zero attached hydrogens (tertiary/aromatic N) is 2. The zero-order chi connectivity index (χ0) is 15.1. The molecule has 0 amide bonds. The molecular weight excluding hydrogens is 272 g/mol. The number of hydrogen-bond acceptors (Lipinski definition) is 6. The Kier molecular flexibility index (Phi) is 5.05. The van der Waals surface area contributed by atoms with Gasteiger partial charge in [0.15, 0.2) is 0 Å². The molecule has 0 saturated carbocycles. The molecule has 0 saturated heterocycles. The van der Waals surface area contributed by atoms with Crippen LogP contribution in [0.5, 0.6) is 5.88 Å². The van der Waals surface area contributed by atoms with Crippen LogP contribution in [0.25, 0.3) is 0 Å². The molecule has 0 aliphatic heterocycles. The van der Waals surface area contributed by atoms with Gasteiger partial charge in [-0.3, -0.25) is 10.1 Å². The number of hydrogen-bond donors (Lipinski definition) is 2. The van der Waals surface area contributed by atoms with Gasteiger partial charge < -0.3 is 10.2 Å². The van der Waals surface area contributed by atoms with E-state index in [0.717, 1.165) is 12.8 Å². The summed E-state index contributed by atoms with van der Waals surface area (Å²) >= 11 is 0. The molecule has 2 rings (SSSR count). The first-order valence-electron chi connectivity index (χ1n) is 6.49. The number of aromatic nitrogens is 1. The molecule has 0 radical (unpaired) electrons. The number of nitrogens with two attached hydrogens (primary N) is 1. The molecule has 0 atom stereocenters. The van der Waals surface area contributed by atoms with Crippen LogP contribution in [0.2, 0.25) is 0 Å². The summed E-state index contributed by atoms with van der Waals surface area (Å²) in [6.07, 6.45) is 1.58. The van der Waals surface area contributed by atoms with E-state index in [1.807, 2.05) is 30.3 Å². The number of pyridine rings is 1. The first-order valence-corrected chi connectivity index (χ1v) is 6.49. The average Bonchev–Trinajstić information content (AvgIpc) is 2.52. The molecule has 1 aromatic heterocycles. The van der Waals surface area contributed by atoms with Crippen molar-refractivity contribution in [3.63, 3.8) is 0 Å². The summed E-state index contributed by atoms with van der Waals surface area (Å²) in [5.74, 6) is 5.53. The zero-order valence-corrected chi connectivity index (χ0v) is 11.4. The lowest BCUT2D eigenvalue weighted by Gasteiger charge is -2.07. The predicted molar refractivity (Wildman–Crippen MR) is 79.0 cm³/mol. The Balaban J connectivity index is 1.94. The number of ether oxygens (including phenoxy) is 1. The quantitative estimate of drug-likeness (QED) is 0.350. The van der Waals surface area contributed by atoms with Crippen molar-refractivity contribution in [1.29, 1.82) is 0 Å². The fourth-order valence-electron chi connectivity index (χ4n) is 1.85. The SMILES string of the molecule is NNc1ccc([N+](=O)[O-])c(OCCCc2ccccc2)n1. The fourth-order valence-corrected chi connectivity index (χ4v) is 1.85. The van der Waals surface area contributed by atoms with E-state index in [1.165, 1.54) is 17.7 Å². The normalized spacial score (nSPS) is 10.1. The van der Waals surface area contributed by atoms with Gasteiger partial charge >= 0.3 is 5.69 Å². The number of anilines is 1. The molecule has 7 heteroatoms. The molecule has 0 aliphatic carbocycles. The van der Waals surface area contributed by atoms with Crippen molar-refractivity contribution in [2.45, 2.75) is 12.8 Å². The standard InChI is InChI=1S/C14H16N4O3/c15-17-13-9-8-12(18(19)20)14(16-13)21-10-4-7-11-5-2-1-3-6-11/h1-3,5-6,8-9H,4,7,10,15H2,(H,16,17). The number of aryl methyl sites for hydroxylation is 1. The molecule has 3 N–H and O–H groups in total. The van der Waals surface area contributed by atoms with Crippen molar-refractivity contribution in [1.82, 2.24) is 4.98 Å². The topological polar surface area (TPSA) is 103 Å². The lowest BCUT2D eigenvalue weighted by atomic mass is 10.1. The van der Waals surface area contributed by atoms with Gasteiger partial charge in [-0.1, -0.05) is 30.3 Å². The van der Waals surface area contributed by atoms with Gasteiger partial charge in [0.1, 0.15) is 5.82 Å². The number of benzene rings is 1. The molecular formula is C14H16N4O3. The van der Waals surface area contributed by atoms with Gasteiger partial charge in [-0.25, -0.2) is 5.84 Å². The van der Waals surface area contributed by atoms with E-state index < -0.39 is 4.92 Å². The fraction of sp³-hybridized carbons (Fsp3) is 0.214. The van der Waals surface area contributed by atoms with Gasteiger partial charge in [0.25, 0.3) is 5.88 Å². The van der Waals surface area contributed by atoms with Crippen LogP contribution < -0.4 is 16.0 Å². The third-order valence-electron chi connectivity index (χ3n) is 2.88. The molecule has 21 heavy (non-hydrogen) atoms. The van der Waals surface area contributed by atoms with Gasteiger partial charge in [0.05, 0.1) is 11.5 Å². The van der Waals surface area contributed by atoms with Crippen molar-refractivity contribution in [3.05, 3.63) is 58.1 Å². The molecule has 1 heterocycles. The summed E-state index contributed by atoms with van der Waals surface area (Å²) in [5.41, 5.74) is 3.36. The maximum atomic E-state index is 10.9. The van der Waals surface area contributed by atoms with Crippen LogP contribution in [-0.4, -0.2) is 16.5 Å². The Morgan fingerprint density at radius 3 is 2.67 bits per heavy atom. The Morgan fingerprint density at radius 1 is 1.24 bits per heavy atom. The van der Waals surface area contributed by atoms with Crippen LogP contribution >= 0.6 is 0 Å². The minimum atomic E-state index is -0.528. The molecule has 1 aromatic carbocycles. The highest BCUT2D eigenvalue weighted by atomic mass is 16.6. The lowest BCUT2D eigenvalue weighted by Crippen LogP contribution is -2.10. The van der Waals surface area contributed by atoms with Crippen LogP contribution in [0.1, 0.15) is 12.0 Å². The predicted octanol–water partition coefficient (Wildman–Crippen LogP) is 2.29. The molecule has 0 unspecified atom stereocenters. The highest BCUT2D eigenvalue weighted by Gasteiger charge is 2.17. The van der Waals surface area contributed by atoms with Crippen molar-refractivity contribution in [2.24, 2.45) is 5.84 Å². The van der Waals surface area contributed by atoms with E-state index in [-0.39, 0.29) is 11.6 Å². The van der Waals surface area contributed by atoms with Crippen molar-refractivity contribution in [3.8, 4) is 5.88 Å². The first kappa shape index (κ1) is 14.7. The minimum absolute atomic E-state index is 0.0245. The summed E-state index contributed by atoms with van der Waals surface area (Å²) in [6, 6.07) is 12.7. The summed E-state index contributed by atoms with van der Waals surface area (Å²) < 4.78 is 5.41.